The number of carbonyl (C=O) groups is 2. The molecule has 220 valence electrons. The van der Waals surface area contributed by atoms with E-state index in [1.54, 1.807) is 0 Å². The van der Waals surface area contributed by atoms with E-state index in [9.17, 15) is 9.59 Å². The van der Waals surface area contributed by atoms with Gasteiger partial charge in [-0.25, -0.2) is 0 Å². The van der Waals surface area contributed by atoms with Crippen molar-refractivity contribution in [1.29, 1.82) is 0 Å². The highest BCUT2D eigenvalue weighted by Crippen LogP contribution is 2.20. The average Bonchev–Trinajstić information content (AvgIpc) is 2.93. The van der Waals surface area contributed by atoms with Crippen molar-refractivity contribution in [2.24, 2.45) is 0 Å². The molecule has 4 aliphatic rings. The van der Waals surface area contributed by atoms with Crippen molar-refractivity contribution in [3.8, 4) is 0 Å². The number of nitrogen functional groups attached to an aromatic ring is 2. The number of amides is 2. The number of hydrogen-bond acceptors (Lipinski definition) is 14. The predicted octanol–water partition coefficient (Wildman–Crippen LogP) is -0.632. The van der Waals surface area contributed by atoms with Gasteiger partial charge in [0, 0.05) is 39.3 Å². The molecule has 0 aromatic carbocycles. The lowest BCUT2D eigenvalue weighted by atomic mass is 10.1. The number of carbonyl (C=O) groups excluding carboxylic acids is 2. The summed E-state index contributed by atoms with van der Waals surface area (Å²) in [5.41, 5.74) is 10.8. The fraction of sp³-hybridized carbons (Fsp3) is 0.619. The number of hydrogen-bond donors (Lipinski definition) is 3. The molecule has 2 amide bonds. The lowest BCUT2D eigenvalue weighted by Crippen LogP contribution is -2.60. The first-order chi connectivity index (χ1) is 18.7. The van der Waals surface area contributed by atoms with Gasteiger partial charge >= 0.3 is 0 Å². The SMILES string of the molecule is C.Nc1nc(Cl)nnc1Cl.Nc1nc(N2CCN3C(=O)COC[C@H]3C2)nnc1Cl.O=C1COC[C@H]2CNCCN12. The summed E-state index contributed by atoms with van der Waals surface area (Å²) in [6.45, 7) is 6.18. The van der Waals surface area contributed by atoms with Gasteiger partial charge in [0.15, 0.2) is 21.9 Å². The van der Waals surface area contributed by atoms with E-state index in [1.165, 1.54) is 0 Å². The molecule has 2 aromatic heterocycles. The Morgan fingerprint density at radius 1 is 0.800 bits per heavy atom. The van der Waals surface area contributed by atoms with Crippen LogP contribution < -0.4 is 21.7 Å². The second kappa shape index (κ2) is 14.7. The minimum atomic E-state index is -0.00287. The Balaban J connectivity index is 0.000000179. The van der Waals surface area contributed by atoms with Crippen LogP contribution in [0.5, 0.6) is 0 Å². The molecule has 6 rings (SSSR count). The summed E-state index contributed by atoms with van der Waals surface area (Å²) in [6.07, 6.45) is 0. The molecule has 0 radical (unpaired) electrons. The summed E-state index contributed by atoms with van der Waals surface area (Å²) in [6, 6.07) is 0.306. The maximum Gasteiger partial charge on any atom is 0.249 e. The van der Waals surface area contributed by atoms with Gasteiger partial charge in [-0.3, -0.25) is 9.59 Å². The minimum Gasteiger partial charge on any atom is -0.381 e. The van der Waals surface area contributed by atoms with E-state index < -0.39 is 0 Å². The van der Waals surface area contributed by atoms with Gasteiger partial charge in [-0.2, -0.15) is 9.97 Å². The molecule has 2 atom stereocenters. The molecule has 0 aliphatic carbocycles. The zero-order valence-corrected chi connectivity index (χ0v) is 22.9. The molecular weight excluding hydrogens is 591 g/mol. The molecule has 4 saturated heterocycles. The van der Waals surface area contributed by atoms with Gasteiger partial charge in [0.2, 0.25) is 23.0 Å². The van der Waals surface area contributed by atoms with Crippen LogP contribution in [0.4, 0.5) is 17.6 Å². The van der Waals surface area contributed by atoms with Gasteiger partial charge in [-0.1, -0.05) is 30.6 Å². The van der Waals surface area contributed by atoms with Crippen LogP contribution in [0.2, 0.25) is 15.6 Å². The highest BCUT2D eigenvalue weighted by molar-refractivity contribution is 6.32. The lowest BCUT2D eigenvalue weighted by Gasteiger charge is -2.43. The zero-order chi connectivity index (χ0) is 27.9. The normalized spacial score (nSPS) is 22.0. The first kappa shape index (κ1) is 31.6. The number of morpholine rings is 2. The largest absolute Gasteiger partial charge is 0.381 e. The second-order valence-corrected chi connectivity index (χ2v) is 9.76. The van der Waals surface area contributed by atoms with Gasteiger partial charge in [-0.05, 0) is 11.6 Å². The van der Waals surface area contributed by atoms with Crippen LogP contribution in [0.25, 0.3) is 0 Å². The molecule has 16 nitrogen and oxygen atoms in total. The summed E-state index contributed by atoms with van der Waals surface area (Å²) in [5, 5.41) is 17.8. The number of piperazine rings is 2. The highest BCUT2D eigenvalue weighted by Gasteiger charge is 2.35. The van der Waals surface area contributed by atoms with Crippen molar-refractivity contribution in [2.45, 2.75) is 19.5 Å². The molecular formula is C21H31Cl3N12O4. The fourth-order valence-corrected chi connectivity index (χ4v) is 4.52. The van der Waals surface area contributed by atoms with E-state index >= 15 is 0 Å². The highest BCUT2D eigenvalue weighted by atomic mass is 35.5. The van der Waals surface area contributed by atoms with Crippen LogP contribution in [-0.4, -0.2) is 130 Å². The number of ether oxygens (including phenoxy) is 2. The molecule has 2 aromatic rings. The third-order valence-electron chi connectivity index (χ3n) is 6.13. The third-order valence-corrected chi connectivity index (χ3v) is 6.83. The molecule has 4 fully saturated rings. The summed E-state index contributed by atoms with van der Waals surface area (Å²) in [4.78, 5) is 36.2. The smallest absolute Gasteiger partial charge is 0.249 e. The summed E-state index contributed by atoms with van der Waals surface area (Å²) < 4.78 is 10.4. The summed E-state index contributed by atoms with van der Waals surface area (Å²) in [7, 11) is 0. The number of halogens is 3. The molecule has 4 aliphatic heterocycles. The van der Waals surface area contributed by atoms with Crippen molar-refractivity contribution in [1.82, 2.24) is 45.5 Å². The third kappa shape index (κ3) is 8.08. The van der Waals surface area contributed by atoms with Gasteiger partial charge < -0.3 is 41.0 Å². The van der Waals surface area contributed by atoms with Crippen molar-refractivity contribution in [3.05, 3.63) is 15.6 Å². The monoisotopic (exact) mass is 620 g/mol. The van der Waals surface area contributed by atoms with Gasteiger partial charge in [0.1, 0.15) is 13.2 Å². The van der Waals surface area contributed by atoms with Crippen LogP contribution in [0.15, 0.2) is 0 Å². The summed E-state index contributed by atoms with van der Waals surface area (Å²) in [5.74, 6) is 0.856. The Bertz CT molecular complexity index is 1180. The maximum absolute atomic E-state index is 11.7. The number of nitrogens with one attached hydrogen (secondary N) is 1. The van der Waals surface area contributed by atoms with Crippen molar-refractivity contribution < 1.29 is 19.1 Å². The molecule has 0 bridgehead atoms. The van der Waals surface area contributed by atoms with Gasteiger partial charge in [-0.15, -0.1) is 20.4 Å². The van der Waals surface area contributed by atoms with E-state index in [4.69, 9.17) is 55.7 Å². The number of fused-ring (bicyclic) bond motifs is 2. The zero-order valence-electron chi connectivity index (χ0n) is 20.7. The van der Waals surface area contributed by atoms with Gasteiger partial charge in [0.25, 0.3) is 0 Å². The molecule has 0 saturated carbocycles. The Hall–Kier alpha value is -2.89. The molecule has 6 heterocycles. The van der Waals surface area contributed by atoms with Crippen molar-refractivity contribution >= 4 is 64.2 Å². The number of nitrogens with two attached hydrogens (primary N) is 2. The minimum absolute atomic E-state index is 0. The summed E-state index contributed by atoms with van der Waals surface area (Å²) >= 11 is 16.4. The standard InChI is InChI=1S/C10H13ClN6O2.C7H12N2O2.C3H2Cl2N4.CH4/c11-8-9(12)13-10(15-14-8)16-1-2-17-6(3-16)4-19-5-7(17)18;10-7-5-11-4-6-3-8-1-2-9(6)7;4-1-2(6)7-3(5)9-8-1;/h6H,1-5H2,(H2,12,13,15);6,8H,1-5H2;(H2,6,7,9);1H4/t2*6-;;/m11../s1. The first-order valence-corrected chi connectivity index (χ1v) is 13.0. The Labute approximate surface area is 245 Å². The van der Waals surface area contributed by atoms with E-state index in [-0.39, 0.29) is 71.8 Å². The number of rotatable bonds is 1. The van der Waals surface area contributed by atoms with Crippen LogP contribution >= 0.6 is 34.8 Å². The van der Waals surface area contributed by atoms with Crippen molar-refractivity contribution in [3.63, 3.8) is 0 Å². The molecule has 40 heavy (non-hydrogen) atoms. The predicted molar refractivity (Wildman–Crippen MR) is 148 cm³/mol. The molecule has 19 heteroatoms. The van der Waals surface area contributed by atoms with Crippen LogP contribution in [0.1, 0.15) is 7.43 Å². The maximum atomic E-state index is 11.7. The topological polar surface area (TPSA) is 204 Å². The first-order valence-electron chi connectivity index (χ1n) is 11.9. The molecule has 5 N–H and O–H groups in total. The van der Waals surface area contributed by atoms with E-state index in [2.05, 4.69) is 35.7 Å². The van der Waals surface area contributed by atoms with Gasteiger partial charge in [0.05, 0.1) is 25.3 Å². The Morgan fingerprint density at radius 2 is 1.40 bits per heavy atom. The Kier molecular flexibility index (Phi) is 11.6. The van der Waals surface area contributed by atoms with E-state index in [1.807, 2.05) is 14.7 Å². The van der Waals surface area contributed by atoms with Crippen LogP contribution in [-0.2, 0) is 19.1 Å². The lowest BCUT2D eigenvalue weighted by molar-refractivity contribution is -0.149. The van der Waals surface area contributed by atoms with Crippen LogP contribution in [0, 0.1) is 0 Å². The van der Waals surface area contributed by atoms with E-state index in [0.717, 1.165) is 19.6 Å². The number of nitrogens with zero attached hydrogens (tertiary/aromatic N) is 9. The second-order valence-electron chi connectivity index (χ2n) is 8.71. The number of anilines is 3. The molecule has 0 unspecified atom stereocenters. The van der Waals surface area contributed by atoms with E-state index in [0.29, 0.717) is 38.8 Å². The quantitative estimate of drug-likeness (QED) is 0.363. The van der Waals surface area contributed by atoms with Crippen molar-refractivity contribution in [2.75, 3.05) is 82.1 Å². The number of aromatic nitrogens is 6. The van der Waals surface area contributed by atoms with Crippen LogP contribution in [0.3, 0.4) is 0 Å². The molecule has 0 spiro atoms. The Morgan fingerprint density at radius 3 is 2.00 bits per heavy atom. The fourth-order valence-electron chi connectivity index (χ4n) is 4.23. The average molecular weight is 622 g/mol.